The van der Waals surface area contributed by atoms with Gasteiger partial charge in [-0.05, 0) is 18.6 Å². The van der Waals surface area contributed by atoms with E-state index in [1.807, 2.05) is 0 Å². The molecular weight excluding hydrogens is 238 g/mol. The number of hydrogen-bond donors (Lipinski definition) is 0. The standard InChI is InChI=1S/C12H11NO3S/c1-9-8-12(13(15)16)6-5-11(9)4-3-7-17-10(2)14/h5-6,8H,7H2,1-2H3. The molecule has 0 radical (unpaired) electrons. The molecule has 0 fully saturated rings. The van der Waals surface area contributed by atoms with E-state index in [1.165, 1.54) is 19.1 Å². The highest BCUT2D eigenvalue weighted by Crippen LogP contribution is 2.16. The highest BCUT2D eigenvalue weighted by atomic mass is 32.2. The van der Waals surface area contributed by atoms with Crippen LogP contribution in [-0.4, -0.2) is 15.8 Å². The predicted octanol–water partition coefficient (Wildman–Crippen LogP) is 2.53. The summed E-state index contributed by atoms with van der Waals surface area (Å²) >= 11 is 1.14. The maximum absolute atomic E-state index is 10.7. The molecule has 0 saturated carbocycles. The van der Waals surface area contributed by atoms with E-state index in [0.29, 0.717) is 5.75 Å². The molecule has 1 aromatic carbocycles. The van der Waals surface area contributed by atoms with Crippen LogP contribution in [0.4, 0.5) is 5.69 Å². The molecule has 0 bridgehead atoms. The summed E-state index contributed by atoms with van der Waals surface area (Å²) in [6.45, 7) is 3.26. The summed E-state index contributed by atoms with van der Waals surface area (Å²) in [7, 11) is 0. The second kappa shape index (κ2) is 6.06. The van der Waals surface area contributed by atoms with E-state index in [9.17, 15) is 14.9 Å². The average Bonchev–Trinajstić information content (AvgIpc) is 2.25. The number of aryl methyl sites for hydroxylation is 1. The van der Waals surface area contributed by atoms with Crippen LogP contribution in [0.3, 0.4) is 0 Å². The maximum atomic E-state index is 10.7. The monoisotopic (exact) mass is 249 g/mol. The summed E-state index contributed by atoms with van der Waals surface area (Å²) in [6.07, 6.45) is 0. The van der Waals surface area contributed by atoms with Crippen molar-refractivity contribution in [2.24, 2.45) is 0 Å². The summed E-state index contributed by atoms with van der Waals surface area (Å²) in [5, 5.41) is 10.6. The van der Waals surface area contributed by atoms with Gasteiger partial charge in [0.25, 0.3) is 5.69 Å². The Morgan fingerprint density at radius 3 is 2.76 bits per heavy atom. The number of nitro benzene ring substituents is 1. The van der Waals surface area contributed by atoms with E-state index in [0.717, 1.165) is 22.9 Å². The van der Waals surface area contributed by atoms with Gasteiger partial charge in [0.2, 0.25) is 0 Å². The minimum Gasteiger partial charge on any atom is -0.288 e. The first-order valence-corrected chi connectivity index (χ1v) is 5.86. The van der Waals surface area contributed by atoms with Crippen molar-refractivity contribution in [1.82, 2.24) is 0 Å². The minimum absolute atomic E-state index is 0.0275. The first-order valence-electron chi connectivity index (χ1n) is 4.88. The Morgan fingerprint density at radius 1 is 1.53 bits per heavy atom. The zero-order chi connectivity index (χ0) is 12.8. The van der Waals surface area contributed by atoms with Crippen molar-refractivity contribution >= 4 is 22.6 Å². The van der Waals surface area contributed by atoms with Gasteiger partial charge in [0.1, 0.15) is 0 Å². The lowest BCUT2D eigenvalue weighted by Crippen LogP contribution is -1.90. The third-order valence-electron chi connectivity index (χ3n) is 1.99. The zero-order valence-corrected chi connectivity index (χ0v) is 10.3. The van der Waals surface area contributed by atoms with Crippen LogP contribution in [-0.2, 0) is 4.79 Å². The average molecular weight is 249 g/mol. The maximum Gasteiger partial charge on any atom is 0.269 e. The number of benzene rings is 1. The highest BCUT2D eigenvalue weighted by molar-refractivity contribution is 8.13. The molecule has 0 atom stereocenters. The summed E-state index contributed by atoms with van der Waals surface area (Å²) in [5.41, 5.74) is 1.57. The molecule has 0 N–H and O–H groups in total. The van der Waals surface area contributed by atoms with Crippen LogP contribution in [0.25, 0.3) is 0 Å². The van der Waals surface area contributed by atoms with Crippen molar-refractivity contribution in [2.75, 3.05) is 5.75 Å². The molecule has 0 spiro atoms. The van der Waals surface area contributed by atoms with Gasteiger partial charge in [0.05, 0.1) is 10.7 Å². The Bertz CT molecular complexity index is 514. The van der Waals surface area contributed by atoms with Gasteiger partial charge in [-0.1, -0.05) is 23.6 Å². The lowest BCUT2D eigenvalue weighted by molar-refractivity contribution is -0.384. The van der Waals surface area contributed by atoms with Crippen molar-refractivity contribution in [3.8, 4) is 11.8 Å². The molecule has 0 aliphatic rings. The van der Waals surface area contributed by atoms with Gasteiger partial charge in [0.15, 0.2) is 5.12 Å². The molecule has 0 unspecified atom stereocenters. The van der Waals surface area contributed by atoms with Crippen molar-refractivity contribution in [3.63, 3.8) is 0 Å². The summed E-state index contributed by atoms with van der Waals surface area (Å²) < 4.78 is 0. The molecule has 0 aromatic heterocycles. The molecule has 1 aromatic rings. The second-order valence-corrected chi connectivity index (χ2v) is 4.49. The fraction of sp³-hybridized carbons (Fsp3) is 0.250. The zero-order valence-electron chi connectivity index (χ0n) is 9.52. The Kier molecular flexibility index (Phi) is 4.73. The van der Waals surface area contributed by atoms with Crippen LogP contribution >= 0.6 is 11.8 Å². The minimum atomic E-state index is -0.435. The summed E-state index contributed by atoms with van der Waals surface area (Å²) in [6, 6.07) is 4.54. The van der Waals surface area contributed by atoms with Gasteiger partial charge >= 0.3 is 0 Å². The third kappa shape index (κ3) is 4.29. The number of hydrogen-bond acceptors (Lipinski definition) is 4. The van der Waals surface area contributed by atoms with Crippen molar-refractivity contribution in [3.05, 3.63) is 39.4 Å². The Morgan fingerprint density at radius 2 is 2.24 bits per heavy atom. The van der Waals surface area contributed by atoms with Crippen molar-refractivity contribution in [1.29, 1.82) is 0 Å². The lowest BCUT2D eigenvalue weighted by atomic mass is 10.1. The lowest BCUT2D eigenvalue weighted by Gasteiger charge is -1.97. The molecule has 0 aliphatic carbocycles. The number of rotatable bonds is 2. The van der Waals surface area contributed by atoms with Gasteiger partial charge in [-0.2, -0.15) is 0 Å². The smallest absolute Gasteiger partial charge is 0.269 e. The molecule has 0 aliphatic heterocycles. The number of thioether (sulfide) groups is 1. The largest absolute Gasteiger partial charge is 0.288 e. The first-order chi connectivity index (χ1) is 8.00. The quantitative estimate of drug-likeness (QED) is 0.459. The van der Waals surface area contributed by atoms with Crippen LogP contribution in [0.1, 0.15) is 18.1 Å². The molecule has 0 saturated heterocycles. The van der Waals surface area contributed by atoms with E-state index in [4.69, 9.17) is 0 Å². The fourth-order valence-corrected chi connectivity index (χ4v) is 1.52. The highest BCUT2D eigenvalue weighted by Gasteiger charge is 2.06. The van der Waals surface area contributed by atoms with Crippen LogP contribution in [0.5, 0.6) is 0 Å². The number of carbonyl (C=O) groups excluding carboxylic acids is 1. The molecule has 4 nitrogen and oxygen atoms in total. The third-order valence-corrected chi connectivity index (χ3v) is 2.69. The summed E-state index contributed by atoms with van der Waals surface area (Å²) in [5.74, 6) is 6.17. The molecule has 5 heteroatoms. The van der Waals surface area contributed by atoms with Gasteiger partial charge in [-0.25, -0.2) is 0 Å². The van der Waals surface area contributed by atoms with Gasteiger partial charge < -0.3 is 0 Å². The van der Waals surface area contributed by atoms with E-state index < -0.39 is 4.92 Å². The normalized spacial score (nSPS) is 9.29. The fourth-order valence-electron chi connectivity index (χ4n) is 1.17. The van der Waals surface area contributed by atoms with Crippen LogP contribution in [0, 0.1) is 28.9 Å². The molecule has 17 heavy (non-hydrogen) atoms. The second-order valence-electron chi connectivity index (χ2n) is 3.34. The predicted molar refractivity (Wildman–Crippen MR) is 67.9 cm³/mol. The molecular formula is C12H11NO3S. The Balaban J connectivity index is 2.79. The van der Waals surface area contributed by atoms with Gasteiger partial charge in [-0.15, -0.1) is 0 Å². The number of nitrogens with zero attached hydrogens (tertiary/aromatic N) is 1. The SMILES string of the molecule is CC(=O)SCC#Cc1ccc([N+](=O)[O-])cc1C. The van der Waals surface area contributed by atoms with Crippen LogP contribution < -0.4 is 0 Å². The molecule has 0 amide bonds. The molecule has 1 rings (SSSR count). The van der Waals surface area contributed by atoms with E-state index in [1.54, 1.807) is 13.0 Å². The van der Waals surface area contributed by atoms with E-state index in [2.05, 4.69) is 11.8 Å². The van der Waals surface area contributed by atoms with Crippen molar-refractivity contribution in [2.45, 2.75) is 13.8 Å². The van der Waals surface area contributed by atoms with Crippen molar-refractivity contribution < 1.29 is 9.72 Å². The number of carbonyl (C=O) groups is 1. The first kappa shape index (κ1) is 13.3. The summed E-state index contributed by atoms with van der Waals surface area (Å²) in [4.78, 5) is 20.8. The molecule has 0 heterocycles. The van der Waals surface area contributed by atoms with Gasteiger partial charge in [0, 0.05) is 24.6 Å². The number of non-ortho nitro benzene ring substituents is 1. The number of nitro groups is 1. The van der Waals surface area contributed by atoms with E-state index >= 15 is 0 Å². The van der Waals surface area contributed by atoms with E-state index in [-0.39, 0.29) is 10.8 Å². The van der Waals surface area contributed by atoms with Crippen LogP contribution in [0.2, 0.25) is 0 Å². The molecule has 88 valence electrons. The van der Waals surface area contributed by atoms with Crippen LogP contribution in [0.15, 0.2) is 18.2 Å². The Hall–Kier alpha value is -1.80. The topological polar surface area (TPSA) is 60.2 Å². The van der Waals surface area contributed by atoms with Gasteiger partial charge in [-0.3, -0.25) is 14.9 Å². The Labute approximate surface area is 104 Å².